The van der Waals surface area contributed by atoms with Gasteiger partial charge in [0.1, 0.15) is 0 Å². The van der Waals surface area contributed by atoms with Gasteiger partial charge < -0.3 is 18.9 Å². The van der Waals surface area contributed by atoms with Crippen molar-refractivity contribution in [3.8, 4) is 11.5 Å². The molecule has 0 spiro atoms. The fourth-order valence-corrected chi connectivity index (χ4v) is 3.19. The van der Waals surface area contributed by atoms with Crippen molar-refractivity contribution in [1.29, 1.82) is 0 Å². The van der Waals surface area contributed by atoms with Crippen molar-refractivity contribution in [3.63, 3.8) is 0 Å². The van der Waals surface area contributed by atoms with Crippen molar-refractivity contribution in [1.82, 2.24) is 4.98 Å². The van der Waals surface area contributed by atoms with Gasteiger partial charge in [0.15, 0.2) is 18.1 Å². The molecule has 0 aliphatic heterocycles. The maximum Gasteiger partial charge on any atom is 0.344 e. The molecule has 0 aliphatic rings. The molecule has 0 atom stereocenters. The van der Waals surface area contributed by atoms with Crippen LogP contribution in [0.5, 0.6) is 11.5 Å². The number of nitrogens with zero attached hydrogens (tertiary/aromatic N) is 2. The second kappa shape index (κ2) is 12.8. The van der Waals surface area contributed by atoms with Crippen molar-refractivity contribution >= 4 is 46.2 Å². The van der Waals surface area contributed by atoms with E-state index in [1.54, 1.807) is 31.4 Å². The van der Waals surface area contributed by atoms with Gasteiger partial charge in [-0.1, -0.05) is 11.6 Å². The number of ether oxygens (including phenoxy) is 4. The van der Waals surface area contributed by atoms with Crippen molar-refractivity contribution in [2.45, 2.75) is 27.2 Å². The van der Waals surface area contributed by atoms with Gasteiger partial charge >= 0.3 is 11.9 Å². The minimum Gasteiger partial charge on any atom is -0.490 e. The minimum absolute atomic E-state index is 0.104. The zero-order valence-corrected chi connectivity index (χ0v) is 19.0. The van der Waals surface area contributed by atoms with Crippen LogP contribution in [0.15, 0.2) is 22.6 Å². The van der Waals surface area contributed by atoms with Gasteiger partial charge in [-0.2, -0.15) is 5.10 Å². The quantitative estimate of drug-likeness (QED) is 0.285. The summed E-state index contributed by atoms with van der Waals surface area (Å²) in [6.07, 6.45) is 1.61. The Balaban J connectivity index is 2.04. The molecule has 11 heteroatoms. The van der Waals surface area contributed by atoms with E-state index >= 15 is 0 Å². The average Bonchev–Trinajstić information content (AvgIpc) is 3.16. The molecule has 1 heterocycles. The number of hydrogen-bond donors (Lipinski definition) is 1. The fourth-order valence-electron chi connectivity index (χ4n) is 2.33. The SMILES string of the molecule is CCOC(=O)COc1cc(Cl)c(C=NNc2nc(CC(=O)OCC)cs2)cc1OCC. The normalized spacial score (nSPS) is 10.7. The highest BCUT2D eigenvalue weighted by molar-refractivity contribution is 7.13. The number of carbonyl (C=O) groups is 2. The summed E-state index contributed by atoms with van der Waals surface area (Å²) in [5.41, 5.74) is 3.97. The monoisotopic (exact) mass is 469 g/mol. The van der Waals surface area contributed by atoms with Gasteiger partial charge in [0, 0.05) is 17.0 Å². The van der Waals surface area contributed by atoms with E-state index in [1.165, 1.54) is 17.6 Å². The first kappa shape index (κ1) is 24.4. The summed E-state index contributed by atoms with van der Waals surface area (Å²) in [6.45, 7) is 6.04. The second-order valence-corrected chi connectivity index (χ2v) is 7.11. The fraction of sp³-hybridized carbons (Fsp3) is 0.400. The molecule has 1 aromatic carbocycles. The molecule has 0 aliphatic carbocycles. The summed E-state index contributed by atoms with van der Waals surface area (Å²) in [7, 11) is 0. The third kappa shape index (κ3) is 8.06. The molecule has 2 rings (SSSR count). The number of hydrogen-bond acceptors (Lipinski definition) is 10. The lowest BCUT2D eigenvalue weighted by Gasteiger charge is -2.13. The van der Waals surface area contributed by atoms with Gasteiger partial charge in [-0.3, -0.25) is 10.2 Å². The van der Waals surface area contributed by atoms with Crippen LogP contribution in [0.2, 0.25) is 5.02 Å². The predicted octanol–water partition coefficient (Wildman–Crippen LogP) is 3.69. The number of halogens is 1. The molecular weight excluding hydrogens is 446 g/mol. The van der Waals surface area contributed by atoms with Crippen molar-refractivity contribution in [2.24, 2.45) is 5.10 Å². The van der Waals surface area contributed by atoms with Gasteiger partial charge in [0.05, 0.1) is 43.2 Å². The molecule has 2 aromatic rings. The first-order valence-electron chi connectivity index (χ1n) is 9.60. The summed E-state index contributed by atoms with van der Waals surface area (Å²) in [6, 6.07) is 3.21. The number of nitrogens with one attached hydrogen (secondary N) is 1. The molecule has 0 bridgehead atoms. The minimum atomic E-state index is -0.485. The Hall–Kier alpha value is -2.85. The number of thiazole rings is 1. The molecule has 1 aromatic heterocycles. The molecule has 0 fully saturated rings. The smallest absolute Gasteiger partial charge is 0.344 e. The second-order valence-electron chi connectivity index (χ2n) is 5.84. The molecule has 0 saturated carbocycles. The van der Waals surface area contributed by atoms with Crippen LogP contribution < -0.4 is 14.9 Å². The number of aromatic nitrogens is 1. The molecule has 0 unspecified atom stereocenters. The first-order valence-corrected chi connectivity index (χ1v) is 10.9. The highest BCUT2D eigenvalue weighted by Crippen LogP contribution is 2.33. The van der Waals surface area contributed by atoms with E-state index in [9.17, 15) is 9.59 Å². The maximum absolute atomic E-state index is 11.5. The van der Waals surface area contributed by atoms with Crippen LogP contribution in [-0.4, -0.2) is 49.6 Å². The Morgan fingerprint density at radius 3 is 2.52 bits per heavy atom. The number of esters is 2. The van der Waals surface area contributed by atoms with Gasteiger partial charge in [-0.15, -0.1) is 11.3 Å². The predicted molar refractivity (Wildman–Crippen MR) is 118 cm³/mol. The largest absolute Gasteiger partial charge is 0.490 e. The maximum atomic E-state index is 11.5. The van der Waals surface area contributed by atoms with Gasteiger partial charge in [0.25, 0.3) is 0 Å². The molecule has 9 nitrogen and oxygen atoms in total. The third-order valence-electron chi connectivity index (χ3n) is 3.56. The molecular formula is C20H24ClN3O6S. The van der Waals surface area contributed by atoms with E-state index in [1.807, 2.05) is 6.92 Å². The molecule has 31 heavy (non-hydrogen) atoms. The summed E-state index contributed by atoms with van der Waals surface area (Å²) < 4.78 is 20.8. The highest BCUT2D eigenvalue weighted by Gasteiger charge is 2.13. The summed E-state index contributed by atoms with van der Waals surface area (Å²) in [5, 5.41) is 6.76. The zero-order valence-electron chi connectivity index (χ0n) is 17.5. The molecule has 168 valence electrons. The number of anilines is 1. The van der Waals surface area contributed by atoms with Crippen LogP contribution in [0.3, 0.4) is 0 Å². The van der Waals surface area contributed by atoms with E-state index in [2.05, 4.69) is 15.5 Å². The first-order chi connectivity index (χ1) is 15.0. The van der Waals surface area contributed by atoms with Crippen LogP contribution in [0.4, 0.5) is 5.13 Å². The van der Waals surface area contributed by atoms with Gasteiger partial charge in [0.2, 0.25) is 5.13 Å². The third-order valence-corrected chi connectivity index (χ3v) is 4.68. The Morgan fingerprint density at radius 1 is 1.10 bits per heavy atom. The van der Waals surface area contributed by atoms with Crippen LogP contribution in [0.25, 0.3) is 0 Å². The topological polar surface area (TPSA) is 108 Å². The van der Waals surface area contributed by atoms with E-state index < -0.39 is 5.97 Å². The average molecular weight is 470 g/mol. The zero-order chi connectivity index (χ0) is 22.6. The number of hydrazone groups is 1. The Kier molecular flexibility index (Phi) is 10.0. The van der Waals surface area contributed by atoms with Gasteiger partial charge in [-0.05, 0) is 26.8 Å². The van der Waals surface area contributed by atoms with Crippen molar-refractivity contribution in [2.75, 3.05) is 31.9 Å². The number of benzene rings is 1. The Labute approximate surface area is 189 Å². The number of carbonyl (C=O) groups excluding carboxylic acids is 2. The molecule has 0 amide bonds. The lowest BCUT2D eigenvalue weighted by molar-refractivity contribution is -0.145. The van der Waals surface area contributed by atoms with Crippen LogP contribution in [-0.2, 0) is 25.5 Å². The lowest BCUT2D eigenvalue weighted by atomic mass is 10.2. The lowest BCUT2D eigenvalue weighted by Crippen LogP contribution is -2.15. The van der Waals surface area contributed by atoms with E-state index in [0.717, 1.165) is 0 Å². The van der Waals surface area contributed by atoms with Crippen LogP contribution in [0, 0.1) is 0 Å². The highest BCUT2D eigenvalue weighted by atomic mass is 35.5. The molecule has 0 radical (unpaired) electrons. The van der Waals surface area contributed by atoms with Crippen molar-refractivity contribution in [3.05, 3.63) is 33.8 Å². The standard InChI is InChI=1S/C20H24ClN3O6S/c1-4-27-16-7-13(15(21)9-17(16)30-11-19(26)29-6-3)10-22-24-20-23-14(12-31-20)8-18(25)28-5-2/h7,9-10,12H,4-6,8,11H2,1-3H3,(H,23,24). The summed E-state index contributed by atoms with van der Waals surface area (Å²) >= 11 is 7.63. The Morgan fingerprint density at radius 2 is 1.81 bits per heavy atom. The van der Waals surface area contributed by atoms with Crippen molar-refractivity contribution < 1.29 is 28.5 Å². The van der Waals surface area contributed by atoms with E-state index in [4.69, 9.17) is 30.5 Å². The summed E-state index contributed by atoms with van der Waals surface area (Å²) in [5.74, 6) is -0.0674. The van der Waals surface area contributed by atoms with Crippen LogP contribution in [0.1, 0.15) is 32.0 Å². The van der Waals surface area contributed by atoms with Crippen LogP contribution >= 0.6 is 22.9 Å². The van der Waals surface area contributed by atoms with Gasteiger partial charge in [-0.25, -0.2) is 9.78 Å². The molecule has 1 N–H and O–H groups in total. The van der Waals surface area contributed by atoms with E-state index in [-0.39, 0.29) is 25.6 Å². The molecule has 0 saturated heterocycles. The summed E-state index contributed by atoms with van der Waals surface area (Å²) in [4.78, 5) is 27.3. The number of rotatable bonds is 12. The Bertz CT molecular complexity index is 918. The van der Waals surface area contributed by atoms with E-state index in [0.29, 0.717) is 46.1 Å².